The van der Waals surface area contributed by atoms with Gasteiger partial charge in [-0.05, 0) is 17.7 Å². The van der Waals surface area contributed by atoms with Crippen molar-refractivity contribution >= 4 is 0 Å². The van der Waals surface area contributed by atoms with Gasteiger partial charge in [0.15, 0.2) is 0 Å². The standard InChI is InChI=1S/C13H10F2O/c14-12-4-2-1-3-10(12)11-6-5-9(8-16)7-13(11)15/h1-7,16H,8H2. The third kappa shape index (κ3) is 1.95. The number of rotatable bonds is 2. The maximum Gasteiger partial charge on any atom is 0.131 e. The van der Waals surface area contributed by atoms with Gasteiger partial charge < -0.3 is 5.11 Å². The Kier molecular flexibility index (Phi) is 2.97. The fraction of sp³-hybridized carbons (Fsp3) is 0.0769. The van der Waals surface area contributed by atoms with Crippen LogP contribution in [0.2, 0.25) is 0 Å². The molecule has 0 bridgehead atoms. The third-order valence-corrected chi connectivity index (χ3v) is 2.38. The second kappa shape index (κ2) is 4.41. The van der Waals surface area contributed by atoms with Gasteiger partial charge >= 0.3 is 0 Å². The molecule has 0 fully saturated rings. The summed E-state index contributed by atoms with van der Waals surface area (Å²) in [5, 5.41) is 8.84. The minimum atomic E-state index is -0.531. The van der Waals surface area contributed by atoms with E-state index in [-0.39, 0.29) is 17.7 Å². The Hall–Kier alpha value is -1.74. The minimum absolute atomic E-state index is 0.204. The monoisotopic (exact) mass is 220 g/mol. The molecule has 0 heterocycles. The van der Waals surface area contributed by atoms with Gasteiger partial charge in [-0.25, -0.2) is 8.78 Å². The van der Waals surface area contributed by atoms with E-state index >= 15 is 0 Å². The van der Waals surface area contributed by atoms with Gasteiger partial charge in [-0.2, -0.15) is 0 Å². The summed E-state index contributed by atoms with van der Waals surface area (Å²) in [5.74, 6) is -0.991. The van der Waals surface area contributed by atoms with Crippen LogP contribution in [-0.2, 0) is 6.61 Å². The second-order valence-corrected chi connectivity index (χ2v) is 3.45. The Labute approximate surface area is 92.0 Å². The van der Waals surface area contributed by atoms with Crippen LogP contribution in [0.5, 0.6) is 0 Å². The van der Waals surface area contributed by atoms with Gasteiger partial charge in [-0.15, -0.1) is 0 Å². The lowest BCUT2D eigenvalue weighted by Gasteiger charge is -2.06. The van der Waals surface area contributed by atoms with Gasteiger partial charge in [0.05, 0.1) is 6.61 Å². The summed E-state index contributed by atoms with van der Waals surface area (Å²) in [5.41, 5.74) is 0.900. The quantitative estimate of drug-likeness (QED) is 0.824. The van der Waals surface area contributed by atoms with E-state index in [1.807, 2.05) is 0 Å². The molecule has 0 spiro atoms. The fourth-order valence-corrected chi connectivity index (χ4v) is 1.56. The summed E-state index contributed by atoms with van der Waals surface area (Å²) in [6, 6.07) is 10.3. The van der Waals surface area contributed by atoms with Crippen LogP contribution in [0.25, 0.3) is 11.1 Å². The molecule has 0 amide bonds. The lowest BCUT2D eigenvalue weighted by molar-refractivity contribution is 0.281. The average Bonchev–Trinajstić information content (AvgIpc) is 2.30. The highest BCUT2D eigenvalue weighted by Crippen LogP contribution is 2.25. The summed E-state index contributed by atoms with van der Waals surface area (Å²) in [7, 11) is 0. The molecule has 2 aromatic carbocycles. The molecule has 0 atom stereocenters. The third-order valence-electron chi connectivity index (χ3n) is 2.38. The molecular weight excluding hydrogens is 210 g/mol. The Balaban J connectivity index is 2.53. The summed E-state index contributed by atoms with van der Waals surface area (Å²) in [6.45, 7) is -0.228. The summed E-state index contributed by atoms with van der Waals surface area (Å²) >= 11 is 0. The van der Waals surface area contributed by atoms with Crippen molar-refractivity contribution in [1.82, 2.24) is 0 Å². The molecule has 0 aliphatic carbocycles. The van der Waals surface area contributed by atoms with Crippen LogP contribution in [0.3, 0.4) is 0 Å². The molecule has 2 rings (SSSR count). The molecule has 0 aliphatic heterocycles. The van der Waals surface area contributed by atoms with Crippen LogP contribution in [0, 0.1) is 11.6 Å². The summed E-state index contributed by atoms with van der Waals surface area (Å²) in [4.78, 5) is 0. The van der Waals surface area contributed by atoms with Crippen LogP contribution in [0.1, 0.15) is 5.56 Å². The van der Waals surface area contributed by atoms with Gasteiger partial charge in [0.25, 0.3) is 0 Å². The number of aliphatic hydroxyl groups is 1. The normalized spacial score (nSPS) is 10.4. The first-order chi connectivity index (χ1) is 7.72. The van der Waals surface area contributed by atoms with E-state index in [9.17, 15) is 8.78 Å². The zero-order valence-corrected chi connectivity index (χ0v) is 8.45. The molecule has 2 aromatic rings. The molecule has 3 heteroatoms. The molecular formula is C13H10F2O. The van der Waals surface area contributed by atoms with Crippen molar-refractivity contribution in [3.8, 4) is 11.1 Å². The zero-order chi connectivity index (χ0) is 11.5. The molecule has 1 N–H and O–H groups in total. The van der Waals surface area contributed by atoms with E-state index in [0.29, 0.717) is 5.56 Å². The number of benzene rings is 2. The lowest BCUT2D eigenvalue weighted by atomic mass is 10.0. The highest BCUT2D eigenvalue weighted by atomic mass is 19.1. The minimum Gasteiger partial charge on any atom is -0.392 e. The Morgan fingerprint density at radius 1 is 0.875 bits per heavy atom. The second-order valence-electron chi connectivity index (χ2n) is 3.45. The Morgan fingerprint density at radius 3 is 2.19 bits per heavy atom. The van der Waals surface area contributed by atoms with E-state index in [2.05, 4.69) is 0 Å². The maximum absolute atomic E-state index is 13.6. The summed E-state index contributed by atoms with van der Waals surface area (Å²) in [6.07, 6.45) is 0. The molecule has 0 aliphatic rings. The molecule has 0 saturated heterocycles. The van der Waals surface area contributed by atoms with Gasteiger partial charge in [0, 0.05) is 11.1 Å². The Bertz CT molecular complexity index is 509. The molecule has 1 nitrogen and oxygen atoms in total. The lowest BCUT2D eigenvalue weighted by Crippen LogP contribution is -1.91. The van der Waals surface area contributed by atoms with Gasteiger partial charge in [0.1, 0.15) is 11.6 Å². The molecule has 0 saturated carbocycles. The van der Waals surface area contributed by atoms with Crippen LogP contribution in [-0.4, -0.2) is 5.11 Å². The van der Waals surface area contributed by atoms with E-state index in [4.69, 9.17) is 5.11 Å². The highest BCUT2D eigenvalue weighted by molar-refractivity contribution is 5.65. The largest absolute Gasteiger partial charge is 0.392 e. The number of halogens is 2. The predicted octanol–water partition coefficient (Wildman–Crippen LogP) is 3.12. The summed E-state index contributed by atoms with van der Waals surface area (Å²) < 4.78 is 27.0. The predicted molar refractivity (Wildman–Crippen MR) is 57.7 cm³/mol. The zero-order valence-electron chi connectivity index (χ0n) is 8.45. The van der Waals surface area contributed by atoms with E-state index < -0.39 is 11.6 Å². The molecule has 0 unspecified atom stereocenters. The van der Waals surface area contributed by atoms with Crippen molar-refractivity contribution in [1.29, 1.82) is 0 Å². The Morgan fingerprint density at radius 2 is 1.56 bits per heavy atom. The van der Waals surface area contributed by atoms with Crippen LogP contribution < -0.4 is 0 Å². The molecule has 0 radical (unpaired) electrons. The first kappa shape index (κ1) is 10.8. The van der Waals surface area contributed by atoms with Crippen molar-refractivity contribution in [2.24, 2.45) is 0 Å². The number of hydrogen-bond donors (Lipinski definition) is 1. The van der Waals surface area contributed by atoms with Crippen LogP contribution >= 0.6 is 0 Å². The van der Waals surface area contributed by atoms with Gasteiger partial charge in [0.2, 0.25) is 0 Å². The highest BCUT2D eigenvalue weighted by Gasteiger charge is 2.09. The smallest absolute Gasteiger partial charge is 0.131 e. The van der Waals surface area contributed by atoms with Crippen molar-refractivity contribution < 1.29 is 13.9 Å². The first-order valence-corrected chi connectivity index (χ1v) is 4.86. The maximum atomic E-state index is 13.6. The van der Waals surface area contributed by atoms with E-state index in [1.165, 1.54) is 24.3 Å². The molecule has 16 heavy (non-hydrogen) atoms. The molecule has 0 aromatic heterocycles. The number of hydrogen-bond acceptors (Lipinski definition) is 1. The number of aliphatic hydroxyl groups excluding tert-OH is 1. The topological polar surface area (TPSA) is 20.2 Å². The van der Waals surface area contributed by atoms with E-state index in [0.717, 1.165) is 0 Å². The van der Waals surface area contributed by atoms with Gasteiger partial charge in [-0.1, -0.05) is 30.3 Å². The van der Waals surface area contributed by atoms with Crippen molar-refractivity contribution in [2.45, 2.75) is 6.61 Å². The fourth-order valence-electron chi connectivity index (χ4n) is 1.56. The molecule has 82 valence electrons. The van der Waals surface area contributed by atoms with E-state index in [1.54, 1.807) is 18.2 Å². The average molecular weight is 220 g/mol. The van der Waals surface area contributed by atoms with Crippen molar-refractivity contribution in [3.05, 3.63) is 59.7 Å². The van der Waals surface area contributed by atoms with Crippen LogP contribution in [0.15, 0.2) is 42.5 Å². The first-order valence-electron chi connectivity index (χ1n) is 4.86. The SMILES string of the molecule is OCc1ccc(-c2ccccc2F)c(F)c1. The van der Waals surface area contributed by atoms with Crippen molar-refractivity contribution in [2.75, 3.05) is 0 Å². The van der Waals surface area contributed by atoms with Gasteiger partial charge in [-0.3, -0.25) is 0 Å². The van der Waals surface area contributed by atoms with Crippen LogP contribution in [0.4, 0.5) is 8.78 Å². The van der Waals surface area contributed by atoms with Crippen molar-refractivity contribution in [3.63, 3.8) is 0 Å².